The summed E-state index contributed by atoms with van der Waals surface area (Å²) in [7, 11) is 0. The molecule has 0 bridgehead atoms. The molecule has 0 saturated carbocycles. The molecular weight excluding hydrogens is 402 g/mol. The number of carbonyl (C=O) groups is 1. The Hall–Kier alpha value is -0.590. The number of ether oxygens (including phenoxy) is 2. The first-order valence-corrected chi connectivity index (χ1v) is 8.49. The molecule has 0 saturated heterocycles. The normalized spacial score (nSPS) is 10.8. The second kappa shape index (κ2) is 9.43. The van der Waals surface area contributed by atoms with E-state index < -0.39 is 0 Å². The zero-order valence-corrected chi connectivity index (χ0v) is 15.7. The fraction of sp³-hybridized carbons (Fsp3) is 0.533. The molecule has 21 heavy (non-hydrogen) atoms. The van der Waals surface area contributed by atoms with Crippen LogP contribution in [-0.4, -0.2) is 25.7 Å². The lowest BCUT2D eigenvalue weighted by molar-refractivity contribution is -0.145. The Balaban J connectivity index is 2.64. The van der Waals surface area contributed by atoms with Crippen molar-refractivity contribution in [3.63, 3.8) is 0 Å². The Morgan fingerprint density at radius 3 is 2.43 bits per heavy atom. The van der Waals surface area contributed by atoms with Gasteiger partial charge in [-0.2, -0.15) is 0 Å². The van der Waals surface area contributed by atoms with Gasteiger partial charge in [-0.15, -0.1) is 0 Å². The van der Waals surface area contributed by atoms with Gasteiger partial charge in [-0.25, -0.2) is 4.79 Å². The lowest BCUT2D eigenvalue weighted by Crippen LogP contribution is -2.19. The number of esters is 1. The standard InChI is InChI=1S/C15H21Br2NO3/c1-4-20-14(19)9-21-15-12(16)5-11(6-13(15)17)8-18-7-10(2)3/h5-6,10,18H,4,7-9H2,1-3H3. The monoisotopic (exact) mass is 421 g/mol. The average Bonchev–Trinajstić information content (AvgIpc) is 2.37. The van der Waals surface area contributed by atoms with Crippen molar-refractivity contribution in [2.24, 2.45) is 5.92 Å². The predicted octanol–water partition coefficient (Wildman–Crippen LogP) is 3.90. The van der Waals surface area contributed by atoms with Crippen LogP contribution >= 0.6 is 31.9 Å². The highest BCUT2D eigenvalue weighted by Gasteiger charge is 2.11. The first kappa shape index (κ1) is 18.5. The van der Waals surface area contributed by atoms with E-state index in [2.05, 4.69) is 51.0 Å². The van der Waals surface area contributed by atoms with Crippen LogP contribution in [0.25, 0.3) is 0 Å². The Kier molecular flexibility index (Phi) is 8.29. The van der Waals surface area contributed by atoms with Crippen molar-refractivity contribution >= 4 is 37.8 Å². The van der Waals surface area contributed by atoms with E-state index in [1.165, 1.54) is 0 Å². The van der Waals surface area contributed by atoms with Crippen molar-refractivity contribution in [1.82, 2.24) is 5.32 Å². The van der Waals surface area contributed by atoms with Crippen LogP contribution in [0.4, 0.5) is 0 Å². The molecule has 0 aliphatic rings. The molecule has 6 heteroatoms. The second-order valence-electron chi connectivity index (χ2n) is 5.01. The lowest BCUT2D eigenvalue weighted by Gasteiger charge is -2.13. The lowest BCUT2D eigenvalue weighted by atomic mass is 10.2. The first-order valence-electron chi connectivity index (χ1n) is 6.91. The maximum absolute atomic E-state index is 11.3. The molecule has 118 valence electrons. The molecule has 0 unspecified atom stereocenters. The number of benzene rings is 1. The minimum absolute atomic E-state index is 0.101. The van der Waals surface area contributed by atoms with Gasteiger partial charge >= 0.3 is 5.97 Å². The summed E-state index contributed by atoms with van der Waals surface area (Å²) in [6.45, 7) is 8.11. The van der Waals surface area contributed by atoms with Gasteiger partial charge in [-0.05, 0) is 68.9 Å². The molecule has 0 aromatic heterocycles. The third-order valence-corrected chi connectivity index (χ3v) is 3.76. The summed E-state index contributed by atoms with van der Waals surface area (Å²) in [5.74, 6) is 0.846. The average molecular weight is 423 g/mol. The molecule has 0 atom stereocenters. The highest BCUT2D eigenvalue weighted by atomic mass is 79.9. The third kappa shape index (κ3) is 6.80. The molecule has 0 amide bonds. The quantitative estimate of drug-likeness (QED) is 0.645. The van der Waals surface area contributed by atoms with Crippen molar-refractivity contribution in [2.75, 3.05) is 19.8 Å². The van der Waals surface area contributed by atoms with Crippen LogP contribution in [0.3, 0.4) is 0 Å². The van der Waals surface area contributed by atoms with E-state index in [1.54, 1.807) is 6.92 Å². The minimum atomic E-state index is -0.376. The van der Waals surface area contributed by atoms with Crippen molar-refractivity contribution < 1.29 is 14.3 Å². The molecule has 0 aliphatic heterocycles. The van der Waals surface area contributed by atoms with Crippen LogP contribution < -0.4 is 10.1 Å². The third-order valence-electron chi connectivity index (χ3n) is 2.58. The fourth-order valence-electron chi connectivity index (χ4n) is 1.69. The zero-order chi connectivity index (χ0) is 15.8. The van der Waals surface area contributed by atoms with Gasteiger partial charge < -0.3 is 14.8 Å². The SMILES string of the molecule is CCOC(=O)COc1c(Br)cc(CNCC(C)C)cc1Br. The number of hydrogen-bond acceptors (Lipinski definition) is 4. The Bertz CT molecular complexity index is 455. The van der Waals surface area contributed by atoms with Crippen molar-refractivity contribution in [2.45, 2.75) is 27.3 Å². The molecule has 1 rings (SSSR count). The summed E-state index contributed by atoms with van der Waals surface area (Å²) in [6.07, 6.45) is 0. The zero-order valence-electron chi connectivity index (χ0n) is 12.5. The summed E-state index contributed by atoms with van der Waals surface area (Å²) in [5, 5.41) is 3.39. The van der Waals surface area contributed by atoms with E-state index >= 15 is 0 Å². The van der Waals surface area contributed by atoms with Gasteiger partial charge in [-0.3, -0.25) is 0 Å². The summed E-state index contributed by atoms with van der Waals surface area (Å²) < 4.78 is 11.9. The molecular formula is C15H21Br2NO3. The van der Waals surface area contributed by atoms with Crippen molar-refractivity contribution in [1.29, 1.82) is 0 Å². The molecule has 1 aromatic rings. The smallest absolute Gasteiger partial charge is 0.344 e. The van der Waals surface area contributed by atoms with E-state index in [0.29, 0.717) is 18.3 Å². The van der Waals surface area contributed by atoms with Gasteiger partial charge in [0.1, 0.15) is 5.75 Å². The number of hydrogen-bond donors (Lipinski definition) is 1. The highest BCUT2D eigenvalue weighted by molar-refractivity contribution is 9.11. The summed E-state index contributed by atoms with van der Waals surface area (Å²) in [5.41, 5.74) is 1.14. The van der Waals surface area contributed by atoms with Gasteiger partial charge in [0.15, 0.2) is 6.61 Å². The maximum Gasteiger partial charge on any atom is 0.344 e. The summed E-state index contributed by atoms with van der Waals surface area (Å²) in [6, 6.07) is 3.97. The van der Waals surface area contributed by atoms with Crippen LogP contribution in [0.15, 0.2) is 21.1 Å². The Labute approximate surface area is 142 Å². The molecule has 0 radical (unpaired) electrons. The van der Waals surface area contributed by atoms with Crippen LogP contribution in [-0.2, 0) is 16.1 Å². The molecule has 1 N–H and O–H groups in total. The number of halogens is 2. The number of rotatable bonds is 8. The van der Waals surface area contributed by atoms with Gasteiger partial charge in [0.05, 0.1) is 15.6 Å². The first-order chi connectivity index (χ1) is 9.93. The molecule has 0 spiro atoms. The Morgan fingerprint density at radius 2 is 1.90 bits per heavy atom. The van der Waals surface area contributed by atoms with Crippen LogP contribution in [0.5, 0.6) is 5.75 Å². The van der Waals surface area contributed by atoms with Crippen LogP contribution in [0.2, 0.25) is 0 Å². The molecule has 0 heterocycles. The topological polar surface area (TPSA) is 47.6 Å². The van der Waals surface area contributed by atoms with Crippen molar-refractivity contribution in [3.8, 4) is 5.75 Å². The maximum atomic E-state index is 11.3. The molecule has 0 aliphatic carbocycles. The summed E-state index contributed by atoms with van der Waals surface area (Å²) >= 11 is 6.95. The van der Waals surface area contributed by atoms with Gasteiger partial charge in [-0.1, -0.05) is 13.8 Å². The fourth-order valence-corrected chi connectivity index (χ4v) is 3.20. The molecule has 1 aromatic carbocycles. The van der Waals surface area contributed by atoms with Crippen molar-refractivity contribution in [3.05, 3.63) is 26.6 Å². The minimum Gasteiger partial charge on any atom is -0.480 e. The molecule has 0 fully saturated rings. The van der Waals surface area contributed by atoms with Gasteiger partial charge in [0.25, 0.3) is 0 Å². The number of carbonyl (C=O) groups excluding carboxylic acids is 1. The van der Waals surface area contributed by atoms with E-state index in [1.807, 2.05) is 12.1 Å². The van der Waals surface area contributed by atoms with E-state index in [-0.39, 0.29) is 12.6 Å². The van der Waals surface area contributed by atoms with E-state index in [9.17, 15) is 4.79 Å². The second-order valence-corrected chi connectivity index (χ2v) is 6.72. The van der Waals surface area contributed by atoms with Crippen LogP contribution in [0, 0.1) is 5.92 Å². The Morgan fingerprint density at radius 1 is 1.29 bits per heavy atom. The summed E-state index contributed by atoms with van der Waals surface area (Å²) in [4.78, 5) is 11.3. The molecule has 4 nitrogen and oxygen atoms in total. The largest absolute Gasteiger partial charge is 0.480 e. The van der Waals surface area contributed by atoms with E-state index in [0.717, 1.165) is 27.6 Å². The van der Waals surface area contributed by atoms with Crippen LogP contribution in [0.1, 0.15) is 26.3 Å². The van der Waals surface area contributed by atoms with Gasteiger partial charge in [0, 0.05) is 6.54 Å². The van der Waals surface area contributed by atoms with Gasteiger partial charge in [0.2, 0.25) is 0 Å². The highest BCUT2D eigenvalue weighted by Crippen LogP contribution is 2.34. The predicted molar refractivity (Wildman–Crippen MR) is 90.5 cm³/mol. The van der Waals surface area contributed by atoms with E-state index in [4.69, 9.17) is 9.47 Å². The number of nitrogens with one attached hydrogen (secondary N) is 1.